The second-order valence-electron chi connectivity index (χ2n) is 5.48. The Labute approximate surface area is 129 Å². The highest BCUT2D eigenvalue weighted by Crippen LogP contribution is 2.18. The van der Waals surface area contributed by atoms with Crippen molar-refractivity contribution < 1.29 is 13.6 Å². The van der Waals surface area contributed by atoms with E-state index < -0.39 is 17.5 Å². The fourth-order valence-corrected chi connectivity index (χ4v) is 2.59. The predicted molar refractivity (Wildman–Crippen MR) is 81.0 cm³/mol. The highest BCUT2D eigenvalue weighted by atomic mass is 19.1. The van der Waals surface area contributed by atoms with Gasteiger partial charge in [-0.25, -0.2) is 13.5 Å². The molecule has 0 spiro atoms. The molecule has 0 amide bonds. The molecule has 118 valence electrons. The maximum absolute atomic E-state index is 13.3. The van der Waals surface area contributed by atoms with E-state index in [9.17, 15) is 13.6 Å². The summed E-state index contributed by atoms with van der Waals surface area (Å²) in [5, 5.41) is 4.25. The first kappa shape index (κ1) is 16.3. The number of aromatic nitrogens is 2. The fourth-order valence-electron chi connectivity index (χ4n) is 2.59. The van der Waals surface area contributed by atoms with Crippen LogP contribution in [0.3, 0.4) is 0 Å². The quantitative estimate of drug-likeness (QED) is 0.776. The van der Waals surface area contributed by atoms with Crippen LogP contribution < -0.4 is 0 Å². The third kappa shape index (κ3) is 3.40. The highest BCUT2D eigenvalue weighted by molar-refractivity contribution is 5.96. The maximum Gasteiger partial charge on any atom is 0.278 e. The van der Waals surface area contributed by atoms with E-state index in [2.05, 4.69) is 12.0 Å². The lowest BCUT2D eigenvalue weighted by molar-refractivity contribution is 0.0941. The number of rotatable bonds is 5. The lowest BCUT2D eigenvalue weighted by atomic mass is 10.1. The third-order valence-corrected chi connectivity index (χ3v) is 3.77. The number of halogens is 2. The number of nitrogens with zero attached hydrogens (tertiary/aromatic N) is 2. The Bertz CT molecular complexity index is 672. The molecule has 0 aliphatic rings. The summed E-state index contributed by atoms with van der Waals surface area (Å²) in [5.74, 6) is -2.05. The van der Waals surface area contributed by atoms with E-state index in [1.54, 1.807) is 0 Å². The van der Waals surface area contributed by atoms with E-state index in [0.29, 0.717) is 0 Å². The Morgan fingerprint density at radius 2 is 1.77 bits per heavy atom. The number of hydrogen-bond donors (Lipinski definition) is 0. The topological polar surface area (TPSA) is 34.9 Å². The van der Waals surface area contributed by atoms with Gasteiger partial charge in [-0.3, -0.25) is 4.79 Å². The van der Waals surface area contributed by atoms with E-state index in [-0.39, 0.29) is 5.56 Å². The Morgan fingerprint density at radius 3 is 2.36 bits per heavy atom. The van der Waals surface area contributed by atoms with Crippen molar-refractivity contribution in [1.29, 1.82) is 0 Å². The Hall–Kier alpha value is -2.04. The SMILES string of the molecule is CCCCCc1c(C)nn(C(=O)c2cc(F)cc(F)c2)c1C. The molecule has 1 aromatic heterocycles. The molecule has 22 heavy (non-hydrogen) atoms. The van der Waals surface area contributed by atoms with E-state index in [1.807, 2.05) is 13.8 Å². The molecule has 1 aromatic carbocycles. The average Bonchev–Trinajstić information content (AvgIpc) is 2.73. The molecule has 0 aliphatic heterocycles. The molecule has 0 N–H and O–H groups in total. The van der Waals surface area contributed by atoms with Crippen molar-refractivity contribution in [3.05, 3.63) is 52.3 Å². The van der Waals surface area contributed by atoms with Crippen molar-refractivity contribution in [3.8, 4) is 0 Å². The molecular formula is C17H20F2N2O. The monoisotopic (exact) mass is 306 g/mol. The van der Waals surface area contributed by atoms with E-state index in [0.717, 1.165) is 60.8 Å². The second-order valence-corrected chi connectivity index (χ2v) is 5.48. The summed E-state index contributed by atoms with van der Waals surface area (Å²) in [6, 6.07) is 2.80. The zero-order valence-electron chi connectivity index (χ0n) is 13.1. The molecule has 0 radical (unpaired) electrons. The molecule has 0 fully saturated rings. The van der Waals surface area contributed by atoms with Crippen molar-refractivity contribution in [2.24, 2.45) is 0 Å². The number of aryl methyl sites for hydroxylation is 1. The summed E-state index contributed by atoms with van der Waals surface area (Å²) in [6.07, 6.45) is 4.13. The van der Waals surface area contributed by atoms with Crippen LogP contribution in [0.1, 0.15) is 53.5 Å². The van der Waals surface area contributed by atoms with Gasteiger partial charge in [0.1, 0.15) is 11.6 Å². The van der Waals surface area contributed by atoms with Crippen LogP contribution in [-0.2, 0) is 6.42 Å². The molecule has 5 heteroatoms. The van der Waals surface area contributed by atoms with Crippen LogP contribution in [0.4, 0.5) is 8.78 Å². The van der Waals surface area contributed by atoms with Crippen LogP contribution >= 0.6 is 0 Å². The van der Waals surface area contributed by atoms with Gasteiger partial charge >= 0.3 is 0 Å². The zero-order chi connectivity index (χ0) is 16.3. The molecule has 0 saturated heterocycles. The normalized spacial score (nSPS) is 11.0. The first-order valence-corrected chi connectivity index (χ1v) is 7.50. The summed E-state index contributed by atoms with van der Waals surface area (Å²) in [6.45, 7) is 5.80. The van der Waals surface area contributed by atoms with Crippen molar-refractivity contribution in [1.82, 2.24) is 9.78 Å². The van der Waals surface area contributed by atoms with Gasteiger partial charge in [0.15, 0.2) is 0 Å². The van der Waals surface area contributed by atoms with Crippen molar-refractivity contribution in [2.75, 3.05) is 0 Å². The summed E-state index contributed by atoms with van der Waals surface area (Å²) >= 11 is 0. The zero-order valence-corrected chi connectivity index (χ0v) is 13.1. The van der Waals surface area contributed by atoms with Gasteiger partial charge in [0.25, 0.3) is 5.91 Å². The van der Waals surface area contributed by atoms with Crippen LogP contribution in [0.15, 0.2) is 18.2 Å². The van der Waals surface area contributed by atoms with Gasteiger partial charge in [0, 0.05) is 17.3 Å². The molecular weight excluding hydrogens is 286 g/mol. The van der Waals surface area contributed by atoms with Gasteiger partial charge in [-0.2, -0.15) is 5.10 Å². The largest absolute Gasteiger partial charge is 0.278 e. The first-order valence-electron chi connectivity index (χ1n) is 7.50. The van der Waals surface area contributed by atoms with Gasteiger partial charge in [0.05, 0.1) is 5.69 Å². The minimum atomic E-state index is -0.770. The standard InChI is InChI=1S/C17H20F2N2O/c1-4-5-6-7-16-11(2)20-21(12(16)3)17(22)13-8-14(18)10-15(19)9-13/h8-10H,4-7H2,1-3H3. The number of benzene rings is 1. The van der Waals surface area contributed by atoms with Gasteiger partial charge in [-0.15, -0.1) is 0 Å². The van der Waals surface area contributed by atoms with E-state index in [4.69, 9.17) is 0 Å². The number of carbonyl (C=O) groups excluding carboxylic acids is 1. The Kier molecular flexibility index (Phi) is 5.06. The highest BCUT2D eigenvalue weighted by Gasteiger charge is 2.18. The summed E-state index contributed by atoms with van der Waals surface area (Å²) in [4.78, 5) is 12.4. The lowest BCUT2D eigenvalue weighted by Crippen LogP contribution is -2.16. The molecule has 1 heterocycles. The molecule has 3 nitrogen and oxygen atoms in total. The number of carbonyl (C=O) groups is 1. The van der Waals surface area contributed by atoms with Crippen LogP contribution in [0.2, 0.25) is 0 Å². The van der Waals surface area contributed by atoms with Crippen molar-refractivity contribution in [2.45, 2.75) is 46.5 Å². The van der Waals surface area contributed by atoms with Crippen LogP contribution in [-0.4, -0.2) is 15.7 Å². The number of hydrogen-bond acceptors (Lipinski definition) is 2. The third-order valence-electron chi connectivity index (χ3n) is 3.77. The average molecular weight is 306 g/mol. The first-order chi connectivity index (χ1) is 10.4. The smallest absolute Gasteiger partial charge is 0.267 e. The molecule has 2 rings (SSSR count). The summed E-state index contributed by atoms with van der Waals surface area (Å²) in [7, 11) is 0. The van der Waals surface area contributed by atoms with Gasteiger partial charge in [-0.1, -0.05) is 19.8 Å². The molecule has 0 unspecified atom stereocenters. The second kappa shape index (κ2) is 6.81. The molecule has 2 aromatic rings. The molecule has 0 aliphatic carbocycles. The van der Waals surface area contributed by atoms with Crippen molar-refractivity contribution in [3.63, 3.8) is 0 Å². The van der Waals surface area contributed by atoms with Crippen LogP contribution in [0, 0.1) is 25.5 Å². The van der Waals surface area contributed by atoms with Crippen molar-refractivity contribution >= 4 is 5.91 Å². The summed E-state index contributed by atoms with van der Waals surface area (Å²) in [5.41, 5.74) is 2.53. The van der Waals surface area contributed by atoms with Crippen LogP contribution in [0.5, 0.6) is 0 Å². The predicted octanol–water partition coefficient (Wildman–Crippen LogP) is 4.20. The molecule has 0 bridgehead atoms. The molecule has 0 saturated carbocycles. The minimum Gasteiger partial charge on any atom is -0.267 e. The summed E-state index contributed by atoms with van der Waals surface area (Å²) < 4.78 is 27.8. The van der Waals surface area contributed by atoms with Gasteiger partial charge < -0.3 is 0 Å². The van der Waals surface area contributed by atoms with Gasteiger partial charge in [-0.05, 0) is 44.4 Å². The number of unbranched alkanes of at least 4 members (excludes halogenated alkanes) is 2. The van der Waals surface area contributed by atoms with Gasteiger partial charge in [0.2, 0.25) is 0 Å². The fraction of sp³-hybridized carbons (Fsp3) is 0.412. The lowest BCUT2D eigenvalue weighted by Gasteiger charge is -2.05. The molecule has 0 atom stereocenters. The Morgan fingerprint density at radius 1 is 1.14 bits per heavy atom. The minimum absolute atomic E-state index is 0.0387. The van der Waals surface area contributed by atoms with Crippen LogP contribution in [0.25, 0.3) is 0 Å². The Balaban J connectivity index is 2.32. The maximum atomic E-state index is 13.3. The van der Waals surface area contributed by atoms with E-state index >= 15 is 0 Å². The van der Waals surface area contributed by atoms with E-state index in [1.165, 1.54) is 4.68 Å².